The first-order chi connectivity index (χ1) is 15.4. The normalized spacial score (nSPS) is 14.1. The summed E-state index contributed by atoms with van der Waals surface area (Å²) in [5.41, 5.74) is 0.472. The number of hydrogen-bond acceptors (Lipinski definition) is 6. The van der Waals surface area contributed by atoms with Crippen molar-refractivity contribution >= 4 is 23.5 Å². The van der Waals surface area contributed by atoms with E-state index in [1.54, 1.807) is 16.7 Å². The fourth-order valence-corrected chi connectivity index (χ4v) is 4.02. The van der Waals surface area contributed by atoms with Crippen LogP contribution in [0.5, 0.6) is 0 Å². The highest BCUT2D eigenvalue weighted by atomic mass is 32.2. The molecule has 1 saturated heterocycles. The standard InChI is InChI=1S/C20H17F4N5O2S/c21-13-2-4-15(22)16(9-13)29(20(30)28-5-7-32-8-6-28)11-14-3-1-12(10-25-14)18-26-27-19(31-18)17(23)24/h1-4,9-10,17H,5-8,11H2. The van der Waals surface area contributed by atoms with E-state index in [-0.39, 0.29) is 18.1 Å². The van der Waals surface area contributed by atoms with E-state index in [0.717, 1.165) is 34.6 Å². The zero-order chi connectivity index (χ0) is 22.7. The number of carbonyl (C=O) groups excluding carboxylic acids is 1. The van der Waals surface area contributed by atoms with Crippen LogP contribution in [-0.2, 0) is 6.54 Å². The number of amides is 2. The molecule has 12 heteroatoms. The van der Waals surface area contributed by atoms with Crippen molar-refractivity contribution in [3.63, 3.8) is 0 Å². The van der Waals surface area contributed by atoms with Crippen LogP contribution in [0.2, 0.25) is 0 Å². The molecule has 1 aromatic carbocycles. The average Bonchev–Trinajstić information content (AvgIpc) is 3.31. The third kappa shape index (κ3) is 4.85. The maximum Gasteiger partial charge on any atom is 0.325 e. The molecule has 3 aromatic rings. The van der Waals surface area contributed by atoms with Crippen molar-refractivity contribution in [2.24, 2.45) is 0 Å². The summed E-state index contributed by atoms with van der Waals surface area (Å²) in [7, 11) is 0. The zero-order valence-electron chi connectivity index (χ0n) is 16.5. The Labute approximate surface area is 184 Å². The molecule has 0 N–H and O–H groups in total. The molecule has 1 fully saturated rings. The number of urea groups is 1. The Kier molecular flexibility index (Phi) is 6.58. The van der Waals surface area contributed by atoms with Crippen LogP contribution in [0.15, 0.2) is 40.9 Å². The van der Waals surface area contributed by atoms with Gasteiger partial charge in [0.2, 0.25) is 5.89 Å². The van der Waals surface area contributed by atoms with Gasteiger partial charge in [-0.15, -0.1) is 10.2 Å². The van der Waals surface area contributed by atoms with Gasteiger partial charge in [0.15, 0.2) is 0 Å². The molecule has 0 spiro atoms. The third-order valence-electron chi connectivity index (χ3n) is 4.73. The van der Waals surface area contributed by atoms with E-state index in [1.807, 2.05) is 0 Å². The number of nitrogens with zero attached hydrogens (tertiary/aromatic N) is 5. The summed E-state index contributed by atoms with van der Waals surface area (Å²) in [6.45, 7) is 0.856. The third-order valence-corrected chi connectivity index (χ3v) is 5.67. The molecule has 3 heterocycles. The smallest absolute Gasteiger partial charge is 0.325 e. The molecule has 32 heavy (non-hydrogen) atoms. The molecule has 1 aliphatic rings. The molecule has 168 valence electrons. The fourth-order valence-electron chi connectivity index (χ4n) is 3.12. The van der Waals surface area contributed by atoms with Crippen molar-refractivity contribution in [2.45, 2.75) is 13.0 Å². The second-order valence-corrected chi connectivity index (χ2v) is 8.07. The Morgan fingerprint density at radius 1 is 1.16 bits per heavy atom. The minimum Gasteiger partial charge on any atom is -0.415 e. The summed E-state index contributed by atoms with van der Waals surface area (Å²) in [6.07, 6.45) is -1.57. The van der Waals surface area contributed by atoms with Crippen LogP contribution in [0.1, 0.15) is 18.0 Å². The molecule has 0 saturated carbocycles. The number of thioether (sulfide) groups is 1. The van der Waals surface area contributed by atoms with Gasteiger partial charge in [-0.05, 0) is 24.3 Å². The van der Waals surface area contributed by atoms with Crippen LogP contribution in [0.4, 0.5) is 28.0 Å². The molecule has 7 nitrogen and oxygen atoms in total. The maximum absolute atomic E-state index is 14.5. The molecular formula is C20H17F4N5O2S. The molecule has 2 aromatic heterocycles. The predicted octanol–water partition coefficient (Wildman–Crippen LogP) is 4.52. The van der Waals surface area contributed by atoms with Crippen molar-refractivity contribution in [1.29, 1.82) is 0 Å². The van der Waals surface area contributed by atoms with Crippen LogP contribution in [0.3, 0.4) is 0 Å². The predicted molar refractivity (Wildman–Crippen MR) is 109 cm³/mol. The lowest BCUT2D eigenvalue weighted by Crippen LogP contribution is -2.47. The van der Waals surface area contributed by atoms with Gasteiger partial charge in [-0.3, -0.25) is 9.88 Å². The Hall–Kier alpha value is -3.15. The van der Waals surface area contributed by atoms with E-state index in [4.69, 9.17) is 4.42 Å². The van der Waals surface area contributed by atoms with Gasteiger partial charge >= 0.3 is 12.5 Å². The van der Waals surface area contributed by atoms with E-state index < -0.39 is 30.0 Å². The van der Waals surface area contributed by atoms with Crippen LogP contribution >= 0.6 is 11.8 Å². The van der Waals surface area contributed by atoms with Crippen molar-refractivity contribution in [3.05, 3.63) is 59.7 Å². The number of anilines is 1. The molecule has 4 rings (SSSR count). The highest BCUT2D eigenvalue weighted by molar-refractivity contribution is 7.99. The van der Waals surface area contributed by atoms with Gasteiger partial charge in [0.05, 0.1) is 23.5 Å². The summed E-state index contributed by atoms with van der Waals surface area (Å²) in [5, 5.41) is 6.82. The molecule has 2 amide bonds. The fraction of sp³-hybridized carbons (Fsp3) is 0.300. The van der Waals surface area contributed by atoms with Gasteiger partial charge in [-0.1, -0.05) is 0 Å². The number of carbonyl (C=O) groups is 1. The number of hydrogen-bond donors (Lipinski definition) is 0. The van der Waals surface area contributed by atoms with Crippen molar-refractivity contribution in [3.8, 4) is 11.5 Å². The van der Waals surface area contributed by atoms with Crippen molar-refractivity contribution < 1.29 is 26.8 Å². The number of benzene rings is 1. The number of aromatic nitrogens is 3. The van der Waals surface area contributed by atoms with Gasteiger partial charge in [0, 0.05) is 36.9 Å². The number of alkyl halides is 2. The van der Waals surface area contributed by atoms with Gasteiger partial charge in [0.25, 0.3) is 5.89 Å². The van der Waals surface area contributed by atoms with Crippen molar-refractivity contribution in [1.82, 2.24) is 20.1 Å². The minimum absolute atomic E-state index is 0.130. The summed E-state index contributed by atoms with van der Waals surface area (Å²) < 4.78 is 58.5. The molecular weight excluding hydrogens is 450 g/mol. The van der Waals surface area contributed by atoms with Gasteiger partial charge in [-0.2, -0.15) is 20.5 Å². The first kappa shape index (κ1) is 22.1. The largest absolute Gasteiger partial charge is 0.415 e. The topological polar surface area (TPSA) is 75.4 Å². The highest BCUT2D eigenvalue weighted by Gasteiger charge is 2.27. The number of rotatable bonds is 5. The zero-order valence-corrected chi connectivity index (χ0v) is 17.4. The second kappa shape index (κ2) is 9.55. The second-order valence-electron chi connectivity index (χ2n) is 6.85. The molecule has 0 radical (unpaired) electrons. The Balaban J connectivity index is 1.60. The van der Waals surface area contributed by atoms with E-state index in [2.05, 4.69) is 15.2 Å². The van der Waals surface area contributed by atoms with Gasteiger partial charge in [0.1, 0.15) is 11.6 Å². The van der Waals surface area contributed by atoms with E-state index in [1.165, 1.54) is 18.3 Å². The van der Waals surface area contributed by atoms with Crippen LogP contribution in [-0.4, -0.2) is 50.7 Å². The Morgan fingerprint density at radius 3 is 2.59 bits per heavy atom. The summed E-state index contributed by atoms with van der Waals surface area (Å²) in [4.78, 5) is 20.1. The molecule has 0 atom stereocenters. The number of pyridine rings is 1. The van der Waals surface area contributed by atoms with Crippen molar-refractivity contribution in [2.75, 3.05) is 29.5 Å². The molecule has 1 aliphatic heterocycles. The van der Waals surface area contributed by atoms with Crippen LogP contribution in [0, 0.1) is 11.6 Å². The minimum atomic E-state index is -2.89. The van der Waals surface area contributed by atoms with Crippen LogP contribution < -0.4 is 4.90 Å². The lowest BCUT2D eigenvalue weighted by atomic mass is 10.2. The average molecular weight is 467 g/mol. The quantitative estimate of drug-likeness (QED) is 0.514. The summed E-state index contributed by atoms with van der Waals surface area (Å²) >= 11 is 1.71. The summed E-state index contributed by atoms with van der Waals surface area (Å²) in [5.74, 6) is -0.848. The first-order valence-corrected chi connectivity index (χ1v) is 10.7. The molecule has 0 aliphatic carbocycles. The van der Waals surface area contributed by atoms with Crippen LogP contribution in [0.25, 0.3) is 11.5 Å². The maximum atomic E-state index is 14.5. The Bertz CT molecular complexity index is 1090. The molecule has 0 unspecified atom stereocenters. The first-order valence-electron chi connectivity index (χ1n) is 9.58. The van der Waals surface area contributed by atoms with Gasteiger partial charge in [-0.25, -0.2) is 13.6 Å². The lowest BCUT2D eigenvalue weighted by Gasteiger charge is -2.33. The van der Waals surface area contributed by atoms with E-state index in [9.17, 15) is 22.4 Å². The Morgan fingerprint density at radius 2 is 1.94 bits per heavy atom. The SMILES string of the molecule is O=C(N1CCSCC1)N(Cc1ccc(-c2nnc(C(F)F)o2)cn1)c1cc(F)ccc1F. The monoisotopic (exact) mass is 467 g/mol. The lowest BCUT2D eigenvalue weighted by molar-refractivity contribution is 0.116. The highest BCUT2D eigenvalue weighted by Crippen LogP contribution is 2.26. The summed E-state index contributed by atoms with van der Waals surface area (Å²) in [6, 6.07) is 5.47. The molecule has 0 bridgehead atoms. The van der Waals surface area contributed by atoms with E-state index in [0.29, 0.717) is 24.3 Å². The van der Waals surface area contributed by atoms with E-state index >= 15 is 0 Å². The number of halogens is 4. The van der Waals surface area contributed by atoms with Gasteiger partial charge < -0.3 is 9.32 Å².